The van der Waals surface area contributed by atoms with Gasteiger partial charge in [-0.25, -0.2) is 4.98 Å². The molecule has 3 aromatic rings. The number of pyridine rings is 2. The predicted octanol–water partition coefficient (Wildman–Crippen LogP) is 2.94. The average Bonchev–Trinajstić information content (AvgIpc) is 3.14. The maximum Gasteiger partial charge on any atom is 0.141 e. The van der Waals surface area contributed by atoms with E-state index in [1.807, 2.05) is 31.4 Å². The lowest BCUT2D eigenvalue weighted by Crippen LogP contribution is -2.24. The molecule has 0 aromatic carbocycles. The Kier molecular flexibility index (Phi) is 4.99. The molecular formula is C21H24N4O2. The van der Waals surface area contributed by atoms with Gasteiger partial charge in [-0.3, -0.25) is 14.5 Å². The number of aryl methyl sites for hydroxylation is 1. The minimum absolute atomic E-state index is 0.0972. The SMILES string of the molecule is Cn1cc(-c2ccc3cnc(CC(=O)C4CCC(CO)CC4)cc3n2)cn1. The van der Waals surface area contributed by atoms with Gasteiger partial charge in [0.2, 0.25) is 0 Å². The molecule has 6 heteroatoms. The second kappa shape index (κ2) is 7.56. The van der Waals surface area contributed by atoms with Crippen LogP contribution in [0.4, 0.5) is 0 Å². The Morgan fingerprint density at radius 3 is 2.74 bits per heavy atom. The number of nitrogens with zero attached hydrogens (tertiary/aromatic N) is 4. The van der Waals surface area contributed by atoms with Crippen molar-refractivity contribution in [2.24, 2.45) is 18.9 Å². The van der Waals surface area contributed by atoms with E-state index in [1.165, 1.54) is 0 Å². The van der Waals surface area contributed by atoms with Gasteiger partial charge in [-0.2, -0.15) is 5.10 Å². The van der Waals surface area contributed by atoms with Crippen LogP contribution >= 0.6 is 0 Å². The summed E-state index contributed by atoms with van der Waals surface area (Å²) in [5, 5.41) is 14.4. The number of Topliss-reactive ketones (excluding diaryl/α,β-unsaturated/α-hetero) is 1. The van der Waals surface area contributed by atoms with E-state index in [1.54, 1.807) is 17.1 Å². The molecule has 4 rings (SSSR count). The number of ketones is 1. The Morgan fingerprint density at radius 1 is 1.22 bits per heavy atom. The lowest BCUT2D eigenvalue weighted by molar-refractivity contribution is -0.123. The highest BCUT2D eigenvalue weighted by atomic mass is 16.3. The molecule has 0 atom stereocenters. The minimum Gasteiger partial charge on any atom is -0.396 e. The number of fused-ring (bicyclic) bond motifs is 1. The first kappa shape index (κ1) is 17.8. The molecule has 3 aromatic heterocycles. The van der Waals surface area contributed by atoms with E-state index < -0.39 is 0 Å². The van der Waals surface area contributed by atoms with Crippen LogP contribution in [0.3, 0.4) is 0 Å². The Bertz CT molecular complexity index is 958. The van der Waals surface area contributed by atoms with Crippen LogP contribution in [0.1, 0.15) is 31.4 Å². The molecule has 0 saturated heterocycles. The molecule has 0 spiro atoms. The third-order valence-electron chi connectivity index (χ3n) is 5.55. The molecule has 6 nitrogen and oxygen atoms in total. The smallest absolute Gasteiger partial charge is 0.141 e. The number of rotatable bonds is 5. The van der Waals surface area contributed by atoms with Gasteiger partial charge in [-0.15, -0.1) is 0 Å². The highest BCUT2D eigenvalue weighted by Crippen LogP contribution is 2.30. The lowest BCUT2D eigenvalue weighted by atomic mass is 9.79. The van der Waals surface area contributed by atoms with E-state index in [0.29, 0.717) is 12.3 Å². The first-order chi connectivity index (χ1) is 13.1. The lowest BCUT2D eigenvalue weighted by Gasteiger charge is -2.26. The number of hydrogen-bond acceptors (Lipinski definition) is 5. The summed E-state index contributed by atoms with van der Waals surface area (Å²) in [4.78, 5) is 21.8. The number of aliphatic hydroxyl groups excluding tert-OH is 1. The van der Waals surface area contributed by atoms with E-state index in [-0.39, 0.29) is 18.3 Å². The largest absolute Gasteiger partial charge is 0.396 e. The van der Waals surface area contributed by atoms with Crippen molar-refractivity contribution in [2.45, 2.75) is 32.1 Å². The van der Waals surface area contributed by atoms with E-state index in [0.717, 1.165) is 53.5 Å². The predicted molar refractivity (Wildman–Crippen MR) is 103 cm³/mol. The van der Waals surface area contributed by atoms with Crippen LogP contribution in [-0.4, -0.2) is 37.2 Å². The number of carbonyl (C=O) groups excluding carboxylic acids is 1. The van der Waals surface area contributed by atoms with Crippen molar-refractivity contribution in [3.05, 3.63) is 42.5 Å². The van der Waals surface area contributed by atoms with Crippen LogP contribution in [0.15, 0.2) is 36.8 Å². The number of aliphatic hydroxyl groups is 1. The monoisotopic (exact) mass is 364 g/mol. The summed E-state index contributed by atoms with van der Waals surface area (Å²) in [6, 6.07) is 5.89. The van der Waals surface area contributed by atoms with Gasteiger partial charge in [0.15, 0.2) is 0 Å². The molecule has 0 unspecified atom stereocenters. The molecule has 0 amide bonds. The summed E-state index contributed by atoms with van der Waals surface area (Å²) in [6.07, 6.45) is 9.50. The number of aromatic nitrogens is 4. The molecule has 0 bridgehead atoms. The molecule has 1 aliphatic rings. The third kappa shape index (κ3) is 3.90. The second-order valence-corrected chi connectivity index (χ2v) is 7.51. The Morgan fingerprint density at radius 2 is 2.04 bits per heavy atom. The van der Waals surface area contributed by atoms with Crippen molar-refractivity contribution in [1.82, 2.24) is 19.7 Å². The van der Waals surface area contributed by atoms with Crippen LogP contribution < -0.4 is 0 Å². The van der Waals surface area contributed by atoms with Crippen LogP contribution in [-0.2, 0) is 18.3 Å². The summed E-state index contributed by atoms with van der Waals surface area (Å²) in [5.41, 5.74) is 3.45. The van der Waals surface area contributed by atoms with Crippen molar-refractivity contribution in [3.8, 4) is 11.3 Å². The molecule has 1 fully saturated rings. The van der Waals surface area contributed by atoms with E-state index >= 15 is 0 Å². The van der Waals surface area contributed by atoms with Gasteiger partial charge in [0.25, 0.3) is 0 Å². The van der Waals surface area contributed by atoms with Gasteiger partial charge >= 0.3 is 0 Å². The van der Waals surface area contributed by atoms with Gasteiger partial charge in [-0.1, -0.05) is 0 Å². The number of hydrogen-bond donors (Lipinski definition) is 1. The zero-order chi connectivity index (χ0) is 18.8. The average molecular weight is 364 g/mol. The maximum absolute atomic E-state index is 12.7. The minimum atomic E-state index is 0.0972. The van der Waals surface area contributed by atoms with Crippen LogP contribution in [0.2, 0.25) is 0 Å². The highest BCUT2D eigenvalue weighted by Gasteiger charge is 2.26. The number of carbonyl (C=O) groups is 1. The highest BCUT2D eigenvalue weighted by molar-refractivity contribution is 5.85. The van der Waals surface area contributed by atoms with Gasteiger partial charge in [0.05, 0.1) is 17.4 Å². The fraction of sp³-hybridized carbons (Fsp3) is 0.429. The van der Waals surface area contributed by atoms with E-state index in [9.17, 15) is 9.90 Å². The zero-order valence-corrected chi connectivity index (χ0v) is 15.5. The Hall–Kier alpha value is -2.60. The molecule has 1 N–H and O–H groups in total. The van der Waals surface area contributed by atoms with E-state index in [2.05, 4.69) is 10.1 Å². The van der Waals surface area contributed by atoms with Gasteiger partial charge in [0.1, 0.15) is 5.78 Å². The second-order valence-electron chi connectivity index (χ2n) is 7.51. The summed E-state index contributed by atoms with van der Waals surface area (Å²) in [6.45, 7) is 0.234. The molecule has 1 aliphatic carbocycles. The summed E-state index contributed by atoms with van der Waals surface area (Å²) in [7, 11) is 1.88. The van der Waals surface area contributed by atoms with Crippen molar-refractivity contribution >= 4 is 16.7 Å². The van der Waals surface area contributed by atoms with Crippen LogP contribution in [0.5, 0.6) is 0 Å². The summed E-state index contributed by atoms with van der Waals surface area (Å²) >= 11 is 0. The van der Waals surface area contributed by atoms with Gasteiger partial charge in [-0.05, 0) is 49.8 Å². The first-order valence-electron chi connectivity index (χ1n) is 9.50. The van der Waals surface area contributed by atoms with E-state index in [4.69, 9.17) is 4.98 Å². The normalized spacial score (nSPS) is 20.1. The summed E-state index contributed by atoms with van der Waals surface area (Å²) < 4.78 is 1.75. The molecule has 3 heterocycles. The van der Waals surface area contributed by atoms with Crippen molar-refractivity contribution in [1.29, 1.82) is 0 Å². The Balaban J connectivity index is 1.51. The quantitative estimate of drug-likeness (QED) is 0.753. The van der Waals surface area contributed by atoms with Gasteiger partial charge in [0, 0.05) is 55.0 Å². The van der Waals surface area contributed by atoms with Crippen LogP contribution in [0, 0.1) is 11.8 Å². The summed E-state index contributed by atoms with van der Waals surface area (Å²) in [5.74, 6) is 0.713. The zero-order valence-electron chi connectivity index (χ0n) is 15.5. The molecule has 140 valence electrons. The van der Waals surface area contributed by atoms with Crippen molar-refractivity contribution < 1.29 is 9.90 Å². The molecular weight excluding hydrogens is 340 g/mol. The molecule has 27 heavy (non-hydrogen) atoms. The van der Waals surface area contributed by atoms with Crippen molar-refractivity contribution in [3.63, 3.8) is 0 Å². The van der Waals surface area contributed by atoms with Crippen molar-refractivity contribution in [2.75, 3.05) is 6.61 Å². The molecule has 0 radical (unpaired) electrons. The maximum atomic E-state index is 12.7. The van der Waals surface area contributed by atoms with Crippen LogP contribution in [0.25, 0.3) is 22.2 Å². The molecule has 0 aliphatic heterocycles. The molecule has 1 saturated carbocycles. The fourth-order valence-corrected chi connectivity index (χ4v) is 3.86. The first-order valence-corrected chi connectivity index (χ1v) is 9.50. The standard InChI is InChI=1S/C21H24N4O2/c1-25-12-17(11-23-25)19-7-6-16-10-22-18(8-20(16)24-19)9-21(27)15-4-2-14(13-26)3-5-15/h6-8,10-12,14-15,26H,2-5,9,13H2,1H3. The third-order valence-corrected chi connectivity index (χ3v) is 5.55. The Labute approximate surface area is 158 Å². The fourth-order valence-electron chi connectivity index (χ4n) is 3.86. The van der Waals surface area contributed by atoms with Gasteiger partial charge < -0.3 is 5.11 Å². The topological polar surface area (TPSA) is 80.9 Å².